The Morgan fingerprint density at radius 2 is 2.12 bits per heavy atom. The maximum Gasteiger partial charge on any atom is 0.352 e. The molecule has 1 aromatic heterocycles. The van der Waals surface area contributed by atoms with Gasteiger partial charge < -0.3 is 19.7 Å². The fourth-order valence-electron chi connectivity index (χ4n) is 3.39. The minimum Gasteiger partial charge on any atom is -0.477 e. The molecule has 0 saturated carbocycles. The van der Waals surface area contributed by atoms with E-state index in [0.717, 1.165) is 5.56 Å². The zero-order chi connectivity index (χ0) is 18.3. The number of nitrogens with zero attached hydrogens (tertiary/aromatic N) is 1. The van der Waals surface area contributed by atoms with Crippen LogP contribution in [-0.4, -0.2) is 35.4 Å². The lowest BCUT2D eigenvalue weighted by Gasteiger charge is -2.26. The third kappa shape index (κ3) is 2.76. The van der Waals surface area contributed by atoms with Gasteiger partial charge in [-0.1, -0.05) is 29.8 Å². The molecule has 7 heteroatoms. The molecule has 1 saturated heterocycles. The van der Waals surface area contributed by atoms with E-state index in [4.69, 9.17) is 16.3 Å². The topological polar surface area (TPSA) is 63.5 Å². The molecule has 2 heterocycles. The number of hydrogen-bond donors (Lipinski definition) is 2. The molecule has 1 aliphatic rings. The minimum atomic E-state index is -1.11. The zero-order valence-corrected chi connectivity index (χ0v) is 14.5. The van der Waals surface area contributed by atoms with Crippen LogP contribution in [0, 0.1) is 5.82 Å². The molecule has 5 nitrogen and oxygen atoms in total. The number of carboxylic acid groups (broad SMARTS) is 1. The largest absolute Gasteiger partial charge is 0.477 e. The van der Waals surface area contributed by atoms with Gasteiger partial charge in [0.15, 0.2) is 0 Å². The van der Waals surface area contributed by atoms with Gasteiger partial charge >= 0.3 is 5.97 Å². The van der Waals surface area contributed by atoms with Crippen LogP contribution in [0.5, 0.6) is 0 Å². The Morgan fingerprint density at radius 3 is 2.85 bits per heavy atom. The highest BCUT2D eigenvalue weighted by Crippen LogP contribution is 2.34. The van der Waals surface area contributed by atoms with Crippen molar-refractivity contribution in [2.75, 3.05) is 19.8 Å². The molecule has 0 amide bonds. The number of carbonyl (C=O) groups is 1. The van der Waals surface area contributed by atoms with E-state index in [-0.39, 0.29) is 16.8 Å². The molecule has 4 rings (SSSR count). The number of aromatic nitrogens is 1. The lowest BCUT2D eigenvalue weighted by atomic mass is 10.0. The lowest BCUT2D eigenvalue weighted by Crippen LogP contribution is -2.35. The van der Waals surface area contributed by atoms with Gasteiger partial charge in [-0.2, -0.15) is 0 Å². The first-order valence-electron chi connectivity index (χ1n) is 8.21. The summed E-state index contributed by atoms with van der Waals surface area (Å²) in [4.78, 5) is 11.9. The quantitative estimate of drug-likeness (QED) is 0.732. The van der Waals surface area contributed by atoms with Gasteiger partial charge in [0.1, 0.15) is 11.5 Å². The number of ether oxygens (including phenoxy) is 1. The Balaban J connectivity index is 1.99. The van der Waals surface area contributed by atoms with E-state index in [1.807, 2.05) is 24.3 Å². The lowest BCUT2D eigenvalue weighted by molar-refractivity contribution is 0.0688. The van der Waals surface area contributed by atoms with E-state index in [9.17, 15) is 14.3 Å². The van der Waals surface area contributed by atoms with Crippen molar-refractivity contribution in [3.05, 3.63) is 64.6 Å². The first-order valence-corrected chi connectivity index (χ1v) is 8.59. The predicted molar refractivity (Wildman–Crippen MR) is 96.8 cm³/mol. The first kappa shape index (κ1) is 17.0. The summed E-state index contributed by atoms with van der Waals surface area (Å²) in [5.41, 5.74) is 2.17. The van der Waals surface area contributed by atoms with Crippen molar-refractivity contribution in [2.45, 2.75) is 6.04 Å². The molecule has 0 radical (unpaired) electrons. The number of benzene rings is 2. The summed E-state index contributed by atoms with van der Waals surface area (Å²) in [6, 6.07) is 11.7. The molecular formula is C19H16ClFN2O3. The number of fused-ring (bicyclic) bond motifs is 1. The average Bonchev–Trinajstić information content (AvgIpc) is 3.06. The van der Waals surface area contributed by atoms with Crippen molar-refractivity contribution < 1.29 is 19.0 Å². The fraction of sp³-hybridized carbons (Fsp3) is 0.211. The third-order valence-electron chi connectivity index (χ3n) is 4.57. The number of aromatic carboxylic acids is 1. The molecule has 0 bridgehead atoms. The molecule has 3 aromatic rings. The number of carboxylic acids is 1. The van der Waals surface area contributed by atoms with Gasteiger partial charge in [0.25, 0.3) is 0 Å². The van der Waals surface area contributed by atoms with Crippen molar-refractivity contribution in [3.63, 3.8) is 0 Å². The molecule has 2 N–H and O–H groups in total. The number of para-hydroxylation sites is 1. The normalized spacial score (nSPS) is 17.5. The van der Waals surface area contributed by atoms with E-state index >= 15 is 0 Å². The number of rotatable bonds is 3. The molecule has 2 aromatic carbocycles. The van der Waals surface area contributed by atoms with Crippen LogP contribution < -0.4 is 5.32 Å². The Bertz CT molecular complexity index is 996. The first-order chi connectivity index (χ1) is 12.6. The number of nitrogens with one attached hydrogen (secondary N) is 1. The molecule has 0 spiro atoms. The Kier molecular flexibility index (Phi) is 4.40. The highest BCUT2D eigenvalue weighted by atomic mass is 35.5. The maximum atomic E-state index is 13.8. The molecule has 1 atom stereocenters. The monoisotopic (exact) mass is 374 g/mol. The van der Waals surface area contributed by atoms with Gasteiger partial charge in [-0.3, -0.25) is 0 Å². The predicted octanol–water partition coefficient (Wildman–Crippen LogP) is 3.78. The van der Waals surface area contributed by atoms with Crippen LogP contribution in [0.1, 0.15) is 22.1 Å². The van der Waals surface area contributed by atoms with Crippen LogP contribution in [0.3, 0.4) is 0 Å². The second kappa shape index (κ2) is 6.72. The summed E-state index contributed by atoms with van der Waals surface area (Å²) in [6.07, 6.45) is 0. The van der Waals surface area contributed by atoms with Crippen LogP contribution in [0.15, 0.2) is 42.5 Å². The van der Waals surface area contributed by atoms with Gasteiger partial charge in [0.2, 0.25) is 0 Å². The summed E-state index contributed by atoms with van der Waals surface area (Å²) in [7, 11) is 0. The molecule has 0 aliphatic carbocycles. The van der Waals surface area contributed by atoms with Gasteiger partial charge in [-0.05, 0) is 29.8 Å². The smallest absolute Gasteiger partial charge is 0.352 e. The van der Waals surface area contributed by atoms with Crippen LogP contribution in [0.25, 0.3) is 16.6 Å². The van der Waals surface area contributed by atoms with Crippen molar-refractivity contribution in [1.82, 2.24) is 9.88 Å². The third-order valence-corrected chi connectivity index (χ3v) is 4.95. The number of hydrogen-bond acceptors (Lipinski definition) is 3. The van der Waals surface area contributed by atoms with Crippen LogP contribution >= 0.6 is 11.6 Å². The van der Waals surface area contributed by atoms with Crippen LogP contribution in [0.4, 0.5) is 4.39 Å². The Morgan fingerprint density at radius 1 is 1.31 bits per heavy atom. The highest BCUT2D eigenvalue weighted by Gasteiger charge is 2.24. The van der Waals surface area contributed by atoms with E-state index in [0.29, 0.717) is 36.3 Å². The minimum absolute atomic E-state index is 0.0247. The second-order valence-electron chi connectivity index (χ2n) is 6.10. The van der Waals surface area contributed by atoms with Crippen LogP contribution in [0.2, 0.25) is 5.02 Å². The maximum absolute atomic E-state index is 13.8. The summed E-state index contributed by atoms with van der Waals surface area (Å²) < 4.78 is 21.0. The molecule has 134 valence electrons. The molecule has 26 heavy (non-hydrogen) atoms. The van der Waals surface area contributed by atoms with Crippen molar-refractivity contribution >= 4 is 28.5 Å². The van der Waals surface area contributed by atoms with Crippen LogP contribution in [-0.2, 0) is 4.74 Å². The fourth-order valence-corrected chi connectivity index (χ4v) is 3.60. The Hall–Kier alpha value is -2.41. The van der Waals surface area contributed by atoms with E-state index in [2.05, 4.69) is 5.32 Å². The second-order valence-corrected chi connectivity index (χ2v) is 6.48. The standard InChI is InChI=1S/C19H16ClFN2O3/c20-18-12-9-17(19(24)25)23(16(12)6-5-13(18)21)15-4-2-1-3-11(15)14-10-26-8-7-22-14/h1-6,9,14,22H,7-8,10H2,(H,24,25). The molecular weight excluding hydrogens is 359 g/mol. The highest BCUT2D eigenvalue weighted by molar-refractivity contribution is 6.35. The molecule has 1 fully saturated rings. The van der Waals surface area contributed by atoms with Gasteiger partial charge in [0, 0.05) is 11.9 Å². The van der Waals surface area contributed by atoms with Crippen molar-refractivity contribution in [1.29, 1.82) is 0 Å². The number of morpholine rings is 1. The molecule has 1 unspecified atom stereocenters. The number of halogens is 2. The summed E-state index contributed by atoms with van der Waals surface area (Å²) >= 11 is 6.08. The zero-order valence-electron chi connectivity index (χ0n) is 13.7. The molecule has 1 aliphatic heterocycles. The van der Waals surface area contributed by atoms with Gasteiger partial charge in [-0.15, -0.1) is 0 Å². The summed E-state index contributed by atoms with van der Waals surface area (Å²) in [5, 5.41) is 13.4. The van der Waals surface area contributed by atoms with Crippen molar-refractivity contribution in [2.24, 2.45) is 0 Å². The average molecular weight is 375 g/mol. The van der Waals surface area contributed by atoms with Gasteiger partial charge in [-0.25, -0.2) is 9.18 Å². The van der Waals surface area contributed by atoms with Gasteiger partial charge in [0.05, 0.1) is 35.5 Å². The van der Waals surface area contributed by atoms with E-state index < -0.39 is 11.8 Å². The summed E-state index contributed by atoms with van der Waals surface area (Å²) in [5.74, 6) is -1.69. The van der Waals surface area contributed by atoms with E-state index in [1.165, 1.54) is 12.1 Å². The van der Waals surface area contributed by atoms with E-state index in [1.54, 1.807) is 10.6 Å². The summed E-state index contributed by atoms with van der Waals surface area (Å²) in [6.45, 7) is 1.85. The SMILES string of the molecule is O=C(O)c1cc2c(Cl)c(F)ccc2n1-c1ccccc1C1COCCN1. The van der Waals surface area contributed by atoms with Crippen molar-refractivity contribution in [3.8, 4) is 5.69 Å². The Labute approximate surface area is 153 Å².